The van der Waals surface area contributed by atoms with E-state index in [-0.39, 0.29) is 37.7 Å². The van der Waals surface area contributed by atoms with Gasteiger partial charge in [0.25, 0.3) is 0 Å². The molecule has 10 heteroatoms. The van der Waals surface area contributed by atoms with Crippen LogP contribution in [-0.2, 0) is 32.6 Å². The highest BCUT2D eigenvalue weighted by atomic mass is 79.9. The maximum Gasteiger partial charge on any atom is 0.243 e. The Morgan fingerprint density at radius 1 is 0.929 bits per heavy atom. The molecule has 0 aliphatic carbocycles. The van der Waals surface area contributed by atoms with E-state index in [1.807, 2.05) is 75.4 Å². The minimum absolute atomic E-state index is 0.0623. The number of benzene rings is 3. The smallest absolute Gasteiger partial charge is 0.243 e. The number of nitrogens with one attached hydrogen (secondary N) is 1. The van der Waals surface area contributed by atoms with Gasteiger partial charge in [-0.15, -0.1) is 0 Å². The first-order valence-corrected chi connectivity index (χ1v) is 16.4. The summed E-state index contributed by atoms with van der Waals surface area (Å²) >= 11 is 3.46. The van der Waals surface area contributed by atoms with Crippen molar-refractivity contribution in [2.45, 2.75) is 58.2 Å². The Balaban J connectivity index is 1.88. The van der Waals surface area contributed by atoms with E-state index in [1.54, 1.807) is 36.3 Å². The molecule has 226 valence electrons. The lowest BCUT2D eigenvalue weighted by atomic mass is 10.00. The Hall–Kier alpha value is -3.37. The molecule has 3 aromatic rings. The number of hydrogen-bond donors (Lipinski definition) is 1. The summed E-state index contributed by atoms with van der Waals surface area (Å²) in [6, 6.07) is 23.2. The van der Waals surface area contributed by atoms with E-state index in [9.17, 15) is 18.0 Å². The van der Waals surface area contributed by atoms with Crippen molar-refractivity contribution >= 4 is 43.5 Å². The first kappa shape index (κ1) is 33.1. The Kier molecular flexibility index (Phi) is 11.6. The monoisotopic (exact) mass is 657 g/mol. The topological polar surface area (TPSA) is 96.0 Å². The maximum atomic E-state index is 13.9. The molecule has 1 unspecified atom stereocenters. The number of ether oxygens (including phenoxy) is 1. The second-order valence-corrected chi connectivity index (χ2v) is 14.1. The van der Waals surface area contributed by atoms with Gasteiger partial charge >= 0.3 is 0 Å². The molecule has 0 spiro atoms. The van der Waals surface area contributed by atoms with Gasteiger partial charge < -0.3 is 15.0 Å². The molecule has 8 nitrogen and oxygen atoms in total. The fourth-order valence-electron chi connectivity index (χ4n) is 4.55. The molecule has 0 saturated heterocycles. The van der Waals surface area contributed by atoms with E-state index in [4.69, 9.17) is 4.74 Å². The van der Waals surface area contributed by atoms with Crippen LogP contribution in [0.3, 0.4) is 0 Å². The van der Waals surface area contributed by atoms with Crippen molar-refractivity contribution in [3.05, 3.63) is 94.5 Å². The predicted molar refractivity (Wildman–Crippen MR) is 171 cm³/mol. The second kappa shape index (κ2) is 14.7. The summed E-state index contributed by atoms with van der Waals surface area (Å²) in [6.45, 7) is 6.06. The summed E-state index contributed by atoms with van der Waals surface area (Å²) in [5.41, 5.74) is 1.81. The van der Waals surface area contributed by atoms with Gasteiger partial charge in [0.05, 0.1) is 19.1 Å². The maximum absolute atomic E-state index is 13.9. The van der Waals surface area contributed by atoms with Crippen LogP contribution in [-0.4, -0.2) is 56.6 Å². The SMILES string of the molecule is COc1ccc(N(CCCC(=O)N(Cc2ccc(Br)cc2)C(Cc2ccccc2)C(=O)NC(C)(C)C)S(C)(=O)=O)cc1. The molecule has 0 aliphatic heterocycles. The number of rotatable bonds is 13. The zero-order valence-corrected chi connectivity index (χ0v) is 27.2. The van der Waals surface area contributed by atoms with E-state index < -0.39 is 21.6 Å². The summed E-state index contributed by atoms with van der Waals surface area (Å²) in [5, 5.41) is 3.06. The molecule has 0 heterocycles. The first-order valence-electron chi connectivity index (χ1n) is 13.8. The van der Waals surface area contributed by atoms with Crippen LogP contribution in [0.2, 0.25) is 0 Å². The quantitative estimate of drug-likeness (QED) is 0.260. The first-order chi connectivity index (χ1) is 19.8. The van der Waals surface area contributed by atoms with Gasteiger partial charge in [-0.3, -0.25) is 13.9 Å². The van der Waals surface area contributed by atoms with Crippen molar-refractivity contribution < 1.29 is 22.7 Å². The zero-order chi connectivity index (χ0) is 30.9. The molecule has 2 amide bonds. The van der Waals surface area contributed by atoms with E-state index in [1.165, 1.54) is 4.31 Å². The number of hydrogen-bond acceptors (Lipinski definition) is 5. The average Bonchev–Trinajstić information content (AvgIpc) is 2.93. The predicted octanol–water partition coefficient (Wildman–Crippen LogP) is 5.56. The molecule has 3 rings (SSSR count). The van der Waals surface area contributed by atoms with Crippen LogP contribution in [0.25, 0.3) is 0 Å². The summed E-state index contributed by atoms with van der Waals surface area (Å²) in [6.07, 6.45) is 1.82. The van der Waals surface area contributed by atoms with Gasteiger partial charge in [0.2, 0.25) is 21.8 Å². The van der Waals surface area contributed by atoms with Crippen molar-refractivity contribution in [3.63, 3.8) is 0 Å². The van der Waals surface area contributed by atoms with Crippen molar-refractivity contribution in [1.82, 2.24) is 10.2 Å². The van der Waals surface area contributed by atoms with Crippen LogP contribution in [0.1, 0.15) is 44.7 Å². The van der Waals surface area contributed by atoms with Crippen LogP contribution in [0.4, 0.5) is 5.69 Å². The summed E-state index contributed by atoms with van der Waals surface area (Å²) in [5.74, 6) is 0.142. The van der Waals surface area contributed by atoms with Crippen molar-refractivity contribution in [2.24, 2.45) is 0 Å². The van der Waals surface area contributed by atoms with Crippen molar-refractivity contribution in [1.29, 1.82) is 0 Å². The standard InChI is InChI=1S/C32H40BrN3O5S/c1-32(2,3)34-31(38)29(22-24-10-7-6-8-11-24)35(23-25-13-15-26(33)16-14-25)30(37)12-9-21-36(42(5,39)40)27-17-19-28(41-4)20-18-27/h6-8,10-11,13-20,29H,9,12,21-23H2,1-5H3,(H,34,38). The number of anilines is 1. The van der Waals surface area contributed by atoms with Crippen molar-refractivity contribution in [3.8, 4) is 5.75 Å². The third-order valence-electron chi connectivity index (χ3n) is 6.55. The van der Waals surface area contributed by atoms with Gasteiger partial charge in [-0.25, -0.2) is 8.42 Å². The number of carbonyl (C=O) groups excluding carboxylic acids is 2. The lowest BCUT2D eigenvalue weighted by Gasteiger charge is -2.34. The van der Waals surface area contributed by atoms with Crippen LogP contribution in [0, 0.1) is 0 Å². The van der Waals surface area contributed by atoms with Gasteiger partial charge in [0.1, 0.15) is 11.8 Å². The summed E-state index contributed by atoms with van der Waals surface area (Å²) in [7, 11) is -2.06. The molecule has 42 heavy (non-hydrogen) atoms. The van der Waals surface area contributed by atoms with Crippen LogP contribution >= 0.6 is 15.9 Å². The number of nitrogens with zero attached hydrogens (tertiary/aromatic N) is 2. The minimum atomic E-state index is -3.60. The van der Waals surface area contributed by atoms with Gasteiger partial charge in [-0.05, 0) is 74.7 Å². The van der Waals surface area contributed by atoms with Crippen molar-refractivity contribution in [2.75, 3.05) is 24.2 Å². The fourth-order valence-corrected chi connectivity index (χ4v) is 5.78. The Bertz CT molecular complexity index is 1420. The zero-order valence-electron chi connectivity index (χ0n) is 24.8. The molecule has 0 radical (unpaired) electrons. The largest absolute Gasteiger partial charge is 0.497 e. The molecular formula is C32H40BrN3O5S. The number of halogens is 1. The number of methoxy groups -OCH3 is 1. The highest BCUT2D eigenvalue weighted by Crippen LogP contribution is 2.23. The Labute approximate surface area is 258 Å². The molecular weight excluding hydrogens is 618 g/mol. The third kappa shape index (κ3) is 10.2. The molecule has 1 atom stereocenters. The molecule has 0 saturated carbocycles. The number of carbonyl (C=O) groups is 2. The third-order valence-corrected chi connectivity index (χ3v) is 8.27. The van der Waals surface area contributed by atoms with E-state index in [2.05, 4.69) is 21.2 Å². The average molecular weight is 659 g/mol. The Morgan fingerprint density at radius 3 is 2.10 bits per heavy atom. The highest BCUT2D eigenvalue weighted by molar-refractivity contribution is 9.10. The van der Waals surface area contributed by atoms with Crippen LogP contribution in [0.15, 0.2) is 83.3 Å². The van der Waals surface area contributed by atoms with Gasteiger partial charge in [0, 0.05) is 35.9 Å². The second-order valence-electron chi connectivity index (χ2n) is 11.2. The molecule has 3 aromatic carbocycles. The number of amides is 2. The summed E-state index contributed by atoms with van der Waals surface area (Å²) in [4.78, 5) is 29.2. The normalized spacial score (nSPS) is 12.3. The Morgan fingerprint density at radius 2 is 1.55 bits per heavy atom. The van der Waals surface area contributed by atoms with E-state index in [0.29, 0.717) is 17.9 Å². The van der Waals surface area contributed by atoms with Crippen LogP contribution in [0.5, 0.6) is 5.75 Å². The summed E-state index contributed by atoms with van der Waals surface area (Å²) < 4.78 is 32.7. The minimum Gasteiger partial charge on any atom is -0.497 e. The van der Waals surface area contributed by atoms with E-state index in [0.717, 1.165) is 21.9 Å². The van der Waals surface area contributed by atoms with Gasteiger partial charge in [-0.2, -0.15) is 0 Å². The highest BCUT2D eigenvalue weighted by Gasteiger charge is 2.32. The number of sulfonamides is 1. The van der Waals surface area contributed by atoms with Gasteiger partial charge in [-0.1, -0.05) is 58.4 Å². The molecule has 0 bridgehead atoms. The van der Waals surface area contributed by atoms with Crippen LogP contribution < -0.4 is 14.4 Å². The molecule has 0 aromatic heterocycles. The van der Waals surface area contributed by atoms with E-state index >= 15 is 0 Å². The molecule has 1 N–H and O–H groups in total. The molecule has 0 fully saturated rings. The lowest BCUT2D eigenvalue weighted by Crippen LogP contribution is -2.54. The van der Waals surface area contributed by atoms with Gasteiger partial charge in [0.15, 0.2) is 0 Å². The lowest BCUT2D eigenvalue weighted by molar-refractivity contribution is -0.142. The molecule has 0 aliphatic rings. The fraction of sp³-hybridized carbons (Fsp3) is 0.375.